The predicted molar refractivity (Wildman–Crippen MR) is 98.1 cm³/mol. The van der Waals surface area contributed by atoms with E-state index >= 15 is 0 Å². The molecule has 0 aliphatic rings. The summed E-state index contributed by atoms with van der Waals surface area (Å²) in [6.07, 6.45) is 0.567. The fourth-order valence-corrected chi connectivity index (χ4v) is 2.59. The lowest BCUT2D eigenvalue weighted by molar-refractivity contribution is 0.0471. The van der Waals surface area contributed by atoms with E-state index in [1.54, 1.807) is 19.1 Å². The number of benzene rings is 1. The summed E-state index contributed by atoms with van der Waals surface area (Å²) < 4.78 is 6.83. The minimum absolute atomic E-state index is 0.0976. The molecule has 0 atom stereocenters. The Morgan fingerprint density at radius 2 is 1.93 bits per heavy atom. The number of aryl methyl sites for hydroxylation is 1. The number of aromatic nitrogens is 2. The Morgan fingerprint density at radius 3 is 2.56 bits per heavy atom. The zero-order chi connectivity index (χ0) is 20.3. The quantitative estimate of drug-likeness (QED) is 0.557. The topological polar surface area (TPSA) is 134 Å². The van der Waals surface area contributed by atoms with Crippen molar-refractivity contribution in [3.63, 3.8) is 0 Å². The summed E-state index contributed by atoms with van der Waals surface area (Å²) in [4.78, 5) is 49.0. The molecule has 2 aromatic rings. The number of hydrogen-bond acceptors (Lipinski definition) is 7. The summed E-state index contributed by atoms with van der Waals surface area (Å²) in [5, 5.41) is 9.90. The Labute approximate surface area is 154 Å². The van der Waals surface area contributed by atoms with E-state index in [1.165, 1.54) is 13.1 Å². The van der Waals surface area contributed by atoms with Crippen molar-refractivity contribution in [1.82, 2.24) is 9.13 Å². The molecule has 0 fully saturated rings. The molecule has 0 bridgehead atoms. The largest absolute Gasteiger partial charge is 0.507 e. The summed E-state index contributed by atoms with van der Waals surface area (Å²) in [5.41, 5.74) is 4.33. The molecule has 0 saturated carbocycles. The molecule has 0 saturated heterocycles. The number of phenolic OH excluding ortho intramolecular Hbond substituents is 1. The molecule has 0 unspecified atom stereocenters. The lowest BCUT2D eigenvalue weighted by Crippen LogP contribution is -2.43. The number of anilines is 1. The van der Waals surface area contributed by atoms with Crippen LogP contribution in [0.3, 0.4) is 0 Å². The van der Waals surface area contributed by atoms with Crippen molar-refractivity contribution in [3.05, 3.63) is 55.7 Å². The molecule has 0 aliphatic carbocycles. The van der Waals surface area contributed by atoms with Gasteiger partial charge in [0.25, 0.3) is 5.56 Å². The highest BCUT2D eigenvalue weighted by molar-refractivity contribution is 6.02. The average molecular weight is 375 g/mol. The van der Waals surface area contributed by atoms with Gasteiger partial charge in [0.1, 0.15) is 22.7 Å². The fourth-order valence-electron chi connectivity index (χ4n) is 2.59. The molecule has 144 valence electrons. The maximum atomic E-state index is 12.4. The number of Topliss-reactive ketones (excluding diaryl/α,β-unsaturated/α-hetero) is 1. The third kappa shape index (κ3) is 3.76. The molecule has 0 amide bonds. The Balaban J connectivity index is 2.31. The van der Waals surface area contributed by atoms with Gasteiger partial charge in [-0.25, -0.2) is 9.59 Å². The van der Waals surface area contributed by atoms with E-state index in [1.807, 2.05) is 6.92 Å². The Kier molecular flexibility index (Phi) is 5.84. The molecule has 3 N–H and O–H groups in total. The van der Waals surface area contributed by atoms with Gasteiger partial charge in [-0.15, -0.1) is 0 Å². The third-order valence-electron chi connectivity index (χ3n) is 4.10. The van der Waals surface area contributed by atoms with Crippen LogP contribution < -0.4 is 17.0 Å². The molecule has 1 aromatic heterocycles. The number of para-hydroxylation sites is 1. The summed E-state index contributed by atoms with van der Waals surface area (Å²) in [6, 6.07) is 4.52. The highest BCUT2D eigenvalue weighted by Crippen LogP contribution is 2.22. The number of ether oxygens (including phenoxy) is 1. The highest BCUT2D eigenvalue weighted by atomic mass is 16.5. The first-order chi connectivity index (χ1) is 12.7. The first-order valence-electron chi connectivity index (χ1n) is 8.28. The monoisotopic (exact) mass is 375 g/mol. The number of esters is 1. The molecular weight excluding hydrogens is 354 g/mol. The van der Waals surface area contributed by atoms with Crippen LogP contribution in [-0.4, -0.2) is 32.6 Å². The van der Waals surface area contributed by atoms with E-state index in [9.17, 15) is 24.3 Å². The van der Waals surface area contributed by atoms with Gasteiger partial charge < -0.3 is 15.6 Å². The van der Waals surface area contributed by atoms with Gasteiger partial charge in [0.15, 0.2) is 6.61 Å². The fraction of sp³-hybridized carbons (Fsp3) is 0.333. The molecule has 2 rings (SSSR count). The lowest BCUT2D eigenvalue weighted by Gasteiger charge is -2.14. The molecule has 1 aromatic carbocycles. The molecule has 27 heavy (non-hydrogen) atoms. The first kappa shape index (κ1) is 20.0. The Hall–Kier alpha value is -3.36. The van der Waals surface area contributed by atoms with Gasteiger partial charge in [-0.3, -0.25) is 18.7 Å². The van der Waals surface area contributed by atoms with Crippen LogP contribution >= 0.6 is 0 Å². The standard InChI is InChI=1S/C18H21N3O6/c1-4-8-21-15(19)13(16(24)20(3)18(21)26)12(22)9-27-17(25)11-7-5-6-10(2)14(11)23/h5-7,23H,4,8-9,19H2,1-3H3. The van der Waals surface area contributed by atoms with Crippen molar-refractivity contribution in [2.75, 3.05) is 12.3 Å². The van der Waals surface area contributed by atoms with Crippen molar-refractivity contribution in [2.45, 2.75) is 26.8 Å². The SMILES string of the molecule is CCCn1c(N)c(C(=O)COC(=O)c2cccc(C)c2O)c(=O)n(C)c1=O. The first-order valence-corrected chi connectivity index (χ1v) is 8.28. The Morgan fingerprint density at radius 1 is 1.26 bits per heavy atom. The van der Waals surface area contributed by atoms with E-state index in [-0.39, 0.29) is 23.7 Å². The van der Waals surface area contributed by atoms with Crippen LogP contribution in [0, 0.1) is 6.92 Å². The molecule has 0 radical (unpaired) electrons. The van der Waals surface area contributed by atoms with Crippen molar-refractivity contribution in [3.8, 4) is 5.75 Å². The molecule has 0 aliphatic heterocycles. The van der Waals surface area contributed by atoms with Crippen LogP contribution in [0.25, 0.3) is 0 Å². The number of nitrogen functional groups attached to an aromatic ring is 1. The van der Waals surface area contributed by atoms with Crippen LogP contribution in [0.2, 0.25) is 0 Å². The average Bonchev–Trinajstić information content (AvgIpc) is 2.64. The zero-order valence-electron chi connectivity index (χ0n) is 15.3. The maximum Gasteiger partial charge on any atom is 0.342 e. The van der Waals surface area contributed by atoms with Crippen LogP contribution in [0.1, 0.15) is 39.6 Å². The van der Waals surface area contributed by atoms with E-state index in [2.05, 4.69) is 0 Å². The number of phenols is 1. The van der Waals surface area contributed by atoms with Gasteiger partial charge in [0.2, 0.25) is 5.78 Å². The summed E-state index contributed by atoms with van der Waals surface area (Å²) in [6.45, 7) is 2.90. The van der Waals surface area contributed by atoms with Crippen LogP contribution in [-0.2, 0) is 18.3 Å². The van der Waals surface area contributed by atoms with Gasteiger partial charge in [-0.1, -0.05) is 19.1 Å². The van der Waals surface area contributed by atoms with Gasteiger partial charge in [0.05, 0.1) is 0 Å². The zero-order valence-corrected chi connectivity index (χ0v) is 15.3. The number of carbonyl (C=O) groups is 2. The van der Waals surface area contributed by atoms with Crippen LogP contribution in [0.5, 0.6) is 5.75 Å². The van der Waals surface area contributed by atoms with Crippen LogP contribution in [0.15, 0.2) is 27.8 Å². The number of nitrogens with zero attached hydrogens (tertiary/aromatic N) is 2. The lowest BCUT2D eigenvalue weighted by atomic mass is 10.1. The minimum Gasteiger partial charge on any atom is -0.507 e. The van der Waals surface area contributed by atoms with Crippen molar-refractivity contribution >= 4 is 17.6 Å². The number of aromatic hydroxyl groups is 1. The second kappa shape index (κ2) is 7.90. The van der Waals surface area contributed by atoms with E-state index < -0.39 is 35.2 Å². The van der Waals surface area contributed by atoms with Crippen molar-refractivity contribution < 1.29 is 19.4 Å². The number of hydrogen-bond donors (Lipinski definition) is 2. The molecule has 9 heteroatoms. The second-order valence-electron chi connectivity index (χ2n) is 6.03. The van der Waals surface area contributed by atoms with E-state index in [0.29, 0.717) is 12.0 Å². The minimum atomic E-state index is -0.915. The second-order valence-corrected chi connectivity index (χ2v) is 6.03. The molecule has 1 heterocycles. The summed E-state index contributed by atoms with van der Waals surface area (Å²) >= 11 is 0. The normalized spacial score (nSPS) is 10.6. The number of rotatable bonds is 6. The summed E-state index contributed by atoms with van der Waals surface area (Å²) in [7, 11) is 1.24. The highest BCUT2D eigenvalue weighted by Gasteiger charge is 2.23. The van der Waals surface area contributed by atoms with Crippen molar-refractivity contribution in [1.29, 1.82) is 0 Å². The van der Waals surface area contributed by atoms with Crippen LogP contribution in [0.4, 0.5) is 5.82 Å². The number of ketones is 1. The summed E-state index contributed by atoms with van der Waals surface area (Å²) in [5.74, 6) is -2.26. The van der Waals surface area contributed by atoms with Gasteiger partial charge in [-0.05, 0) is 25.0 Å². The Bertz CT molecular complexity index is 1020. The smallest absolute Gasteiger partial charge is 0.342 e. The number of carbonyl (C=O) groups excluding carboxylic acids is 2. The van der Waals surface area contributed by atoms with Crippen molar-refractivity contribution in [2.24, 2.45) is 7.05 Å². The van der Waals surface area contributed by atoms with E-state index in [4.69, 9.17) is 10.5 Å². The number of nitrogens with two attached hydrogens (primary N) is 1. The maximum absolute atomic E-state index is 12.4. The van der Waals surface area contributed by atoms with Gasteiger partial charge >= 0.3 is 11.7 Å². The predicted octanol–water partition coefficient (Wildman–Crippen LogP) is 0.593. The molecule has 0 spiro atoms. The third-order valence-corrected chi connectivity index (χ3v) is 4.10. The molecule has 9 nitrogen and oxygen atoms in total. The van der Waals surface area contributed by atoms with Gasteiger partial charge in [0, 0.05) is 13.6 Å². The molecular formula is C18H21N3O6. The van der Waals surface area contributed by atoms with E-state index in [0.717, 1.165) is 9.13 Å². The van der Waals surface area contributed by atoms with Gasteiger partial charge in [-0.2, -0.15) is 0 Å².